The minimum atomic E-state index is -4.30. The van der Waals surface area contributed by atoms with Crippen molar-refractivity contribution in [2.75, 3.05) is 43.6 Å². The number of carbonyl (C=O) groups excluding carboxylic acids is 1. The number of nitrogens with one attached hydrogen (secondary N) is 1. The lowest BCUT2D eigenvalue weighted by atomic mass is 10.2. The van der Waals surface area contributed by atoms with Crippen molar-refractivity contribution in [1.29, 1.82) is 0 Å². The van der Waals surface area contributed by atoms with E-state index in [-0.39, 0.29) is 22.9 Å². The van der Waals surface area contributed by atoms with E-state index in [9.17, 15) is 17.6 Å². The van der Waals surface area contributed by atoms with E-state index in [1.54, 1.807) is 18.2 Å². The van der Waals surface area contributed by atoms with E-state index in [0.717, 1.165) is 10.4 Å². The van der Waals surface area contributed by atoms with Gasteiger partial charge in [0.1, 0.15) is 37.1 Å². The fourth-order valence-corrected chi connectivity index (χ4v) is 4.91. The molecule has 11 heteroatoms. The number of halogens is 1. The first-order chi connectivity index (χ1) is 16.8. The number of rotatable bonds is 8. The molecule has 9 nitrogen and oxygen atoms in total. The van der Waals surface area contributed by atoms with Gasteiger partial charge in [0.25, 0.3) is 10.0 Å². The summed E-state index contributed by atoms with van der Waals surface area (Å²) in [6.07, 6.45) is 0. The number of hydrogen-bond donors (Lipinski definition) is 1. The fourth-order valence-electron chi connectivity index (χ4n) is 3.48. The van der Waals surface area contributed by atoms with Crippen molar-refractivity contribution in [3.05, 3.63) is 66.5 Å². The van der Waals surface area contributed by atoms with Crippen LogP contribution in [0.25, 0.3) is 0 Å². The van der Waals surface area contributed by atoms with E-state index in [1.807, 2.05) is 0 Å². The molecule has 0 radical (unpaired) electrons. The zero-order valence-corrected chi connectivity index (χ0v) is 19.8. The number of hydrogen-bond acceptors (Lipinski definition) is 7. The number of benzene rings is 3. The molecule has 1 N–H and O–H groups in total. The third-order valence-electron chi connectivity index (χ3n) is 5.17. The second-order valence-corrected chi connectivity index (χ2v) is 9.27. The molecule has 1 heterocycles. The van der Waals surface area contributed by atoms with Crippen molar-refractivity contribution >= 4 is 27.3 Å². The second kappa shape index (κ2) is 10.1. The first kappa shape index (κ1) is 24.1. The van der Waals surface area contributed by atoms with Gasteiger partial charge in [0.15, 0.2) is 11.5 Å². The number of amides is 1. The zero-order chi connectivity index (χ0) is 25.0. The van der Waals surface area contributed by atoms with E-state index in [0.29, 0.717) is 29.5 Å². The minimum Gasteiger partial charge on any atom is -0.497 e. The highest BCUT2D eigenvalue weighted by Gasteiger charge is 2.29. The molecule has 0 unspecified atom stereocenters. The third kappa shape index (κ3) is 5.24. The molecule has 1 amide bonds. The zero-order valence-electron chi connectivity index (χ0n) is 19.0. The lowest BCUT2D eigenvalue weighted by molar-refractivity contribution is -0.114. The maximum atomic E-state index is 14.0. The van der Waals surface area contributed by atoms with Gasteiger partial charge in [-0.1, -0.05) is 6.07 Å². The van der Waals surface area contributed by atoms with Crippen LogP contribution in [-0.4, -0.2) is 48.3 Å². The summed E-state index contributed by atoms with van der Waals surface area (Å²) in [6.45, 7) is -0.00483. The van der Waals surface area contributed by atoms with Gasteiger partial charge in [-0.25, -0.2) is 12.8 Å². The van der Waals surface area contributed by atoms with Crippen LogP contribution < -0.4 is 28.6 Å². The Morgan fingerprint density at radius 1 is 1.00 bits per heavy atom. The molecular weight excluding hydrogens is 479 g/mol. The van der Waals surface area contributed by atoms with Crippen molar-refractivity contribution in [2.45, 2.75) is 4.90 Å². The molecule has 4 rings (SSSR count). The number of ether oxygens (including phenoxy) is 4. The van der Waals surface area contributed by atoms with Gasteiger partial charge < -0.3 is 24.3 Å². The molecule has 35 heavy (non-hydrogen) atoms. The Hall–Kier alpha value is -3.99. The first-order valence-electron chi connectivity index (χ1n) is 10.5. The average molecular weight is 503 g/mol. The highest BCUT2D eigenvalue weighted by Crippen LogP contribution is 2.34. The molecule has 0 aliphatic carbocycles. The quantitative estimate of drug-likeness (QED) is 0.503. The summed E-state index contributed by atoms with van der Waals surface area (Å²) in [5.41, 5.74) is 0.297. The highest BCUT2D eigenvalue weighted by atomic mass is 32.2. The molecule has 1 aliphatic heterocycles. The molecule has 0 aromatic heterocycles. The van der Waals surface area contributed by atoms with E-state index in [4.69, 9.17) is 18.9 Å². The molecule has 0 saturated carbocycles. The summed E-state index contributed by atoms with van der Waals surface area (Å²) in [4.78, 5) is 12.8. The van der Waals surface area contributed by atoms with Gasteiger partial charge in [0.05, 0.1) is 30.5 Å². The van der Waals surface area contributed by atoms with Crippen LogP contribution in [0.2, 0.25) is 0 Å². The van der Waals surface area contributed by atoms with Crippen molar-refractivity contribution in [2.24, 2.45) is 0 Å². The van der Waals surface area contributed by atoms with Crippen LogP contribution in [-0.2, 0) is 14.8 Å². The maximum Gasteiger partial charge on any atom is 0.264 e. The van der Waals surface area contributed by atoms with Gasteiger partial charge in [0.2, 0.25) is 5.91 Å². The predicted molar refractivity (Wildman–Crippen MR) is 127 cm³/mol. The predicted octanol–water partition coefficient (Wildman–Crippen LogP) is 3.45. The smallest absolute Gasteiger partial charge is 0.264 e. The van der Waals surface area contributed by atoms with Gasteiger partial charge in [-0.05, 0) is 42.5 Å². The molecular formula is C24H23FN2O7S. The molecule has 1 aliphatic rings. The number of fused-ring (bicyclic) bond motifs is 1. The van der Waals surface area contributed by atoms with Gasteiger partial charge in [-0.3, -0.25) is 9.10 Å². The third-order valence-corrected chi connectivity index (χ3v) is 6.94. The maximum absolute atomic E-state index is 14.0. The van der Waals surface area contributed by atoms with Crippen LogP contribution in [0.5, 0.6) is 23.0 Å². The minimum absolute atomic E-state index is 0.0169. The summed E-state index contributed by atoms with van der Waals surface area (Å²) < 4.78 is 63.4. The van der Waals surface area contributed by atoms with Crippen molar-refractivity contribution in [1.82, 2.24) is 0 Å². The molecule has 3 aromatic rings. The van der Waals surface area contributed by atoms with E-state index in [2.05, 4.69) is 5.32 Å². The molecule has 0 spiro atoms. The second-order valence-electron chi connectivity index (χ2n) is 7.41. The van der Waals surface area contributed by atoms with Crippen molar-refractivity contribution < 1.29 is 36.6 Å². The number of methoxy groups -OCH3 is 2. The van der Waals surface area contributed by atoms with Gasteiger partial charge in [-0.2, -0.15) is 0 Å². The molecule has 0 atom stereocenters. The molecule has 0 saturated heterocycles. The van der Waals surface area contributed by atoms with Crippen LogP contribution in [0.3, 0.4) is 0 Å². The Bertz CT molecular complexity index is 1350. The van der Waals surface area contributed by atoms with Gasteiger partial charge >= 0.3 is 0 Å². The van der Waals surface area contributed by atoms with Crippen LogP contribution in [0.15, 0.2) is 65.6 Å². The van der Waals surface area contributed by atoms with Crippen LogP contribution in [0.4, 0.5) is 15.8 Å². The van der Waals surface area contributed by atoms with Crippen molar-refractivity contribution in [3.8, 4) is 23.0 Å². The van der Waals surface area contributed by atoms with Crippen LogP contribution >= 0.6 is 0 Å². The van der Waals surface area contributed by atoms with Crippen molar-refractivity contribution in [3.63, 3.8) is 0 Å². The normalized spacial score (nSPS) is 12.5. The largest absolute Gasteiger partial charge is 0.497 e. The SMILES string of the molecule is COc1ccc(NC(=O)CN(c2cccc(F)c2)S(=O)(=O)c2ccc3c(c2)OCCO3)c(OC)c1. The average Bonchev–Trinajstić information content (AvgIpc) is 2.87. The van der Waals surface area contributed by atoms with Crippen LogP contribution in [0.1, 0.15) is 0 Å². The molecule has 0 bridgehead atoms. The summed E-state index contributed by atoms with van der Waals surface area (Å²) >= 11 is 0. The van der Waals surface area contributed by atoms with Gasteiger partial charge in [-0.15, -0.1) is 0 Å². The van der Waals surface area contributed by atoms with E-state index >= 15 is 0 Å². The molecule has 184 valence electrons. The van der Waals surface area contributed by atoms with E-state index < -0.39 is 28.3 Å². The number of nitrogens with zero attached hydrogens (tertiary/aromatic N) is 1. The number of carbonyl (C=O) groups is 1. The Labute approximate surface area is 202 Å². The van der Waals surface area contributed by atoms with Crippen LogP contribution in [0, 0.1) is 5.82 Å². The summed E-state index contributed by atoms with van der Waals surface area (Å²) in [5.74, 6) is 0.203. The molecule has 3 aromatic carbocycles. The Morgan fingerprint density at radius 3 is 2.49 bits per heavy atom. The standard InChI is InChI=1S/C24H23FN2O7S/c1-31-18-6-8-20(22(13-18)32-2)26-24(28)15-27(17-5-3-4-16(25)12-17)35(29,30)19-7-9-21-23(14-19)34-11-10-33-21/h3-9,12-14H,10-11,15H2,1-2H3,(H,26,28). The Balaban J connectivity index is 1.67. The lowest BCUT2D eigenvalue weighted by Crippen LogP contribution is -2.38. The Kier molecular flexibility index (Phi) is 6.97. The number of anilines is 2. The summed E-state index contributed by atoms with van der Waals surface area (Å²) in [7, 11) is -1.38. The summed E-state index contributed by atoms with van der Waals surface area (Å²) in [5, 5.41) is 2.64. The van der Waals surface area contributed by atoms with E-state index in [1.165, 1.54) is 50.6 Å². The molecule has 0 fully saturated rings. The topological polar surface area (TPSA) is 103 Å². The lowest BCUT2D eigenvalue weighted by Gasteiger charge is -2.25. The monoisotopic (exact) mass is 502 g/mol. The first-order valence-corrected chi connectivity index (χ1v) is 12.0. The van der Waals surface area contributed by atoms with Gasteiger partial charge in [0, 0.05) is 12.1 Å². The fraction of sp³-hybridized carbons (Fsp3) is 0.208. The Morgan fingerprint density at radius 2 is 1.77 bits per heavy atom. The highest BCUT2D eigenvalue weighted by molar-refractivity contribution is 7.92. The summed E-state index contributed by atoms with van der Waals surface area (Å²) in [6, 6.07) is 13.9. The number of sulfonamides is 1.